The first kappa shape index (κ1) is 13.0. The number of rotatable bonds is 4. The molecule has 0 aliphatic rings. The van der Waals surface area contributed by atoms with Gasteiger partial charge in [0.25, 0.3) is 0 Å². The Morgan fingerprint density at radius 2 is 1.63 bits per heavy atom. The van der Waals surface area contributed by atoms with E-state index in [-0.39, 0.29) is 0 Å². The third kappa shape index (κ3) is 3.74. The van der Waals surface area contributed by atoms with Crippen molar-refractivity contribution < 1.29 is 14.3 Å². The lowest BCUT2D eigenvalue weighted by Crippen LogP contribution is -2.22. The van der Waals surface area contributed by atoms with Gasteiger partial charge in [0, 0.05) is 7.05 Å². The van der Waals surface area contributed by atoms with Crippen LogP contribution in [0.2, 0.25) is 0 Å². The summed E-state index contributed by atoms with van der Waals surface area (Å²) in [6.07, 6.45) is -0.518. The van der Waals surface area contributed by atoms with Gasteiger partial charge in [0.15, 0.2) is 11.5 Å². The van der Waals surface area contributed by atoms with Crippen LogP contribution in [0.5, 0.6) is 11.5 Å². The summed E-state index contributed by atoms with van der Waals surface area (Å²) in [7, 11) is 1.51. The van der Waals surface area contributed by atoms with E-state index in [0.29, 0.717) is 18.1 Å². The van der Waals surface area contributed by atoms with Gasteiger partial charge in [-0.3, -0.25) is 0 Å². The molecule has 0 radical (unpaired) electrons. The molecule has 4 nitrogen and oxygen atoms in total. The van der Waals surface area contributed by atoms with Crippen LogP contribution in [0, 0.1) is 0 Å². The molecule has 0 heterocycles. The fourth-order valence-electron chi connectivity index (χ4n) is 1.54. The minimum Gasteiger partial charge on any atom is -0.485 e. The molecule has 0 fully saturated rings. The summed E-state index contributed by atoms with van der Waals surface area (Å²) >= 11 is 0. The first-order chi connectivity index (χ1) is 9.29. The van der Waals surface area contributed by atoms with Gasteiger partial charge in [-0.1, -0.05) is 42.5 Å². The van der Waals surface area contributed by atoms with Gasteiger partial charge in [-0.05, 0) is 17.7 Å². The summed E-state index contributed by atoms with van der Waals surface area (Å²) in [5, 5.41) is 2.40. The second kappa shape index (κ2) is 6.44. The van der Waals surface area contributed by atoms with Gasteiger partial charge in [0.05, 0.1) is 0 Å². The van der Waals surface area contributed by atoms with Gasteiger partial charge < -0.3 is 14.8 Å². The van der Waals surface area contributed by atoms with Crippen molar-refractivity contribution in [3.8, 4) is 11.5 Å². The van der Waals surface area contributed by atoms with E-state index >= 15 is 0 Å². The van der Waals surface area contributed by atoms with Crippen LogP contribution in [-0.2, 0) is 6.61 Å². The third-order valence-corrected chi connectivity index (χ3v) is 2.49. The number of ether oxygens (including phenoxy) is 2. The van der Waals surface area contributed by atoms with Gasteiger partial charge in [-0.15, -0.1) is 0 Å². The summed E-state index contributed by atoms with van der Waals surface area (Å²) in [6, 6.07) is 16.9. The average Bonchev–Trinajstić information content (AvgIpc) is 2.47. The second-order valence-corrected chi connectivity index (χ2v) is 3.86. The van der Waals surface area contributed by atoms with Crippen LogP contribution in [0.4, 0.5) is 4.79 Å². The molecule has 2 aromatic carbocycles. The van der Waals surface area contributed by atoms with Crippen molar-refractivity contribution in [2.24, 2.45) is 0 Å². The van der Waals surface area contributed by atoms with Crippen LogP contribution in [0.15, 0.2) is 54.6 Å². The molecule has 1 amide bonds. The number of amides is 1. The van der Waals surface area contributed by atoms with Gasteiger partial charge in [-0.2, -0.15) is 0 Å². The smallest absolute Gasteiger partial charge is 0.412 e. The Balaban J connectivity index is 2.05. The highest BCUT2D eigenvalue weighted by Crippen LogP contribution is 2.27. The standard InChI is InChI=1S/C15H15NO3/c1-16-15(17)19-14-10-6-5-9-13(14)18-11-12-7-3-2-4-8-12/h2-10H,11H2,1H3,(H,16,17). The molecule has 0 atom stereocenters. The number of carbonyl (C=O) groups excluding carboxylic acids is 1. The number of benzene rings is 2. The third-order valence-electron chi connectivity index (χ3n) is 2.49. The summed E-state index contributed by atoms with van der Waals surface area (Å²) < 4.78 is 10.8. The molecule has 0 unspecified atom stereocenters. The highest BCUT2D eigenvalue weighted by molar-refractivity contribution is 5.70. The maximum absolute atomic E-state index is 11.2. The first-order valence-corrected chi connectivity index (χ1v) is 5.95. The summed E-state index contributed by atoms with van der Waals surface area (Å²) in [5.74, 6) is 0.938. The molecule has 1 N–H and O–H groups in total. The molecule has 4 heteroatoms. The Morgan fingerprint density at radius 3 is 2.32 bits per heavy atom. The number of hydrogen-bond donors (Lipinski definition) is 1. The van der Waals surface area contributed by atoms with Crippen LogP contribution in [0.1, 0.15) is 5.56 Å². The molecule has 0 aromatic heterocycles. The van der Waals surface area contributed by atoms with Gasteiger partial charge >= 0.3 is 6.09 Å². The zero-order chi connectivity index (χ0) is 13.5. The SMILES string of the molecule is CNC(=O)Oc1ccccc1OCc1ccccc1. The van der Waals surface area contributed by atoms with Crippen molar-refractivity contribution in [3.63, 3.8) is 0 Å². The second-order valence-electron chi connectivity index (χ2n) is 3.86. The van der Waals surface area contributed by atoms with Crippen molar-refractivity contribution in [2.75, 3.05) is 7.05 Å². The quantitative estimate of drug-likeness (QED) is 0.916. The lowest BCUT2D eigenvalue weighted by molar-refractivity contribution is 0.199. The van der Waals surface area contributed by atoms with Crippen LogP contribution in [0.25, 0.3) is 0 Å². The molecule has 98 valence electrons. The number of hydrogen-bond acceptors (Lipinski definition) is 3. The number of nitrogens with one attached hydrogen (secondary N) is 1. The Hall–Kier alpha value is -2.49. The van der Waals surface area contributed by atoms with Crippen molar-refractivity contribution in [2.45, 2.75) is 6.61 Å². The molecule has 0 bridgehead atoms. The normalized spacial score (nSPS) is 9.74. The highest BCUT2D eigenvalue weighted by Gasteiger charge is 2.08. The number of para-hydroxylation sites is 2. The van der Waals surface area contributed by atoms with E-state index in [1.54, 1.807) is 18.2 Å². The molecule has 2 aromatic rings. The largest absolute Gasteiger partial charge is 0.485 e. The lowest BCUT2D eigenvalue weighted by atomic mass is 10.2. The van der Waals surface area contributed by atoms with Crippen LogP contribution < -0.4 is 14.8 Å². The average molecular weight is 257 g/mol. The first-order valence-electron chi connectivity index (χ1n) is 5.95. The van der Waals surface area contributed by atoms with Crippen LogP contribution in [-0.4, -0.2) is 13.1 Å². The van der Waals surface area contributed by atoms with Gasteiger partial charge in [0.2, 0.25) is 0 Å². The maximum Gasteiger partial charge on any atom is 0.412 e. The maximum atomic E-state index is 11.2. The Bertz CT molecular complexity index is 540. The van der Waals surface area contributed by atoms with E-state index in [1.807, 2.05) is 36.4 Å². The topological polar surface area (TPSA) is 47.6 Å². The van der Waals surface area contributed by atoms with Crippen molar-refractivity contribution in [3.05, 3.63) is 60.2 Å². The Morgan fingerprint density at radius 1 is 1.00 bits per heavy atom. The zero-order valence-corrected chi connectivity index (χ0v) is 10.6. The molecule has 0 aliphatic heterocycles. The lowest BCUT2D eigenvalue weighted by Gasteiger charge is -2.11. The summed E-state index contributed by atoms with van der Waals surface area (Å²) in [5.41, 5.74) is 1.05. The molecule has 19 heavy (non-hydrogen) atoms. The molecular formula is C15H15NO3. The fraction of sp³-hybridized carbons (Fsp3) is 0.133. The van der Waals surface area contributed by atoms with E-state index in [4.69, 9.17) is 9.47 Å². The molecule has 2 rings (SSSR count). The van der Waals surface area contributed by atoms with Crippen LogP contribution in [0.3, 0.4) is 0 Å². The summed E-state index contributed by atoms with van der Waals surface area (Å²) in [4.78, 5) is 11.2. The zero-order valence-electron chi connectivity index (χ0n) is 10.6. The number of carbonyl (C=O) groups is 1. The van der Waals surface area contributed by atoms with E-state index < -0.39 is 6.09 Å². The molecule has 0 spiro atoms. The fourth-order valence-corrected chi connectivity index (χ4v) is 1.54. The predicted octanol–water partition coefficient (Wildman–Crippen LogP) is 2.98. The Kier molecular flexibility index (Phi) is 4.39. The van der Waals surface area contributed by atoms with Gasteiger partial charge in [-0.25, -0.2) is 4.79 Å². The minimum absolute atomic E-state index is 0.401. The van der Waals surface area contributed by atoms with Crippen molar-refractivity contribution in [1.82, 2.24) is 5.32 Å². The van der Waals surface area contributed by atoms with E-state index in [2.05, 4.69) is 5.32 Å². The monoisotopic (exact) mass is 257 g/mol. The van der Waals surface area contributed by atoms with E-state index in [1.165, 1.54) is 7.05 Å². The van der Waals surface area contributed by atoms with Crippen molar-refractivity contribution >= 4 is 6.09 Å². The predicted molar refractivity (Wildman–Crippen MR) is 72.3 cm³/mol. The van der Waals surface area contributed by atoms with Crippen molar-refractivity contribution in [1.29, 1.82) is 0 Å². The Labute approximate surface area is 112 Å². The van der Waals surface area contributed by atoms with E-state index in [0.717, 1.165) is 5.56 Å². The summed E-state index contributed by atoms with van der Waals surface area (Å²) in [6.45, 7) is 0.426. The van der Waals surface area contributed by atoms with E-state index in [9.17, 15) is 4.79 Å². The minimum atomic E-state index is -0.518. The van der Waals surface area contributed by atoms with Gasteiger partial charge in [0.1, 0.15) is 6.61 Å². The molecular weight excluding hydrogens is 242 g/mol. The molecule has 0 saturated carbocycles. The molecule has 0 aliphatic carbocycles. The molecule has 0 saturated heterocycles. The van der Waals surface area contributed by atoms with Crippen LogP contribution >= 0.6 is 0 Å². The highest BCUT2D eigenvalue weighted by atomic mass is 16.6.